The van der Waals surface area contributed by atoms with Crippen LogP contribution in [0.4, 0.5) is 10.6 Å². The average Bonchev–Trinajstić information content (AvgIpc) is 3.34. The Kier molecular flexibility index (Phi) is 5.31. The second kappa shape index (κ2) is 7.73. The fourth-order valence-electron chi connectivity index (χ4n) is 5.05. The molecule has 1 aliphatic carbocycles. The van der Waals surface area contributed by atoms with Gasteiger partial charge < -0.3 is 10.2 Å². The highest BCUT2D eigenvalue weighted by Gasteiger charge is 2.39. The SMILES string of the molecule is Cc1cc(NC(=O)NC2CCC(N3CCN4C(=O)CCC4C3)C2)nn1C(C)C. The molecule has 28 heavy (non-hydrogen) atoms. The van der Waals surface area contributed by atoms with Crippen molar-refractivity contribution in [2.24, 2.45) is 0 Å². The molecule has 154 valence electrons. The monoisotopic (exact) mass is 388 g/mol. The van der Waals surface area contributed by atoms with Crippen molar-refractivity contribution in [1.29, 1.82) is 0 Å². The number of piperazine rings is 1. The van der Waals surface area contributed by atoms with Crippen LogP contribution in [0.15, 0.2) is 6.07 Å². The minimum Gasteiger partial charge on any atom is -0.337 e. The van der Waals surface area contributed by atoms with E-state index >= 15 is 0 Å². The molecule has 0 aromatic carbocycles. The zero-order valence-corrected chi connectivity index (χ0v) is 17.1. The Morgan fingerprint density at radius 3 is 2.79 bits per heavy atom. The lowest BCUT2D eigenvalue weighted by molar-refractivity contribution is -0.131. The molecule has 1 saturated carbocycles. The van der Waals surface area contributed by atoms with E-state index in [1.165, 1.54) is 0 Å². The molecule has 8 heteroatoms. The van der Waals surface area contributed by atoms with Gasteiger partial charge >= 0.3 is 6.03 Å². The van der Waals surface area contributed by atoms with Gasteiger partial charge in [0.25, 0.3) is 0 Å². The van der Waals surface area contributed by atoms with Gasteiger partial charge in [-0.1, -0.05) is 0 Å². The summed E-state index contributed by atoms with van der Waals surface area (Å²) in [6.07, 6.45) is 4.79. The lowest BCUT2D eigenvalue weighted by Crippen LogP contribution is -2.54. The second-order valence-corrected chi connectivity index (χ2v) is 8.75. The number of nitrogens with zero attached hydrogens (tertiary/aromatic N) is 4. The summed E-state index contributed by atoms with van der Waals surface area (Å²) in [6, 6.07) is 3.09. The van der Waals surface area contributed by atoms with Gasteiger partial charge in [-0.05, 0) is 46.5 Å². The molecule has 3 aliphatic rings. The van der Waals surface area contributed by atoms with Crippen LogP contribution < -0.4 is 10.6 Å². The molecule has 3 atom stereocenters. The number of carbonyl (C=O) groups excluding carboxylic acids is 2. The van der Waals surface area contributed by atoms with Crippen LogP contribution in [0.1, 0.15) is 57.7 Å². The van der Waals surface area contributed by atoms with Crippen molar-refractivity contribution in [2.45, 2.75) is 77.0 Å². The van der Waals surface area contributed by atoms with Crippen molar-refractivity contribution in [3.63, 3.8) is 0 Å². The van der Waals surface area contributed by atoms with Crippen LogP contribution in [0.3, 0.4) is 0 Å². The van der Waals surface area contributed by atoms with Gasteiger partial charge in [0.05, 0.1) is 0 Å². The minimum absolute atomic E-state index is 0.176. The molecule has 1 aromatic rings. The van der Waals surface area contributed by atoms with Crippen LogP contribution >= 0.6 is 0 Å². The van der Waals surface area contributed by atoms with Crippen LogP contribution in [-0.2, 0) is 4.79 Å². The zero-order chi connectivity index (χ0) is 19.8. The van der Waals surface area contributed by atoms with Crippen LogP contribution in [0.2, 0.25) is 0 Å². The van der Waals surface area contributed by atoms with Gasteiger partial charge in [0.2, 0.25) is 5.91 Å². The molecule has 0 spiro atoms. The molecule has 3 amide bonds. The van der Waals surface area contributed by atoms with Gasteiger partial charge in [0.15, 0.2) is 5.82 Å². The Morgan fingerprint density at radius 2 is 2.04 bits per heavy atom. The number of nitrogens with one attached hydrogen (secondary N) is 2. The molecule has 3 unspecified atom stereocenters. The minimum atomic E-state index is -0.176. The van der Waals surface area contributed by atoms with Gasteiger partial charge in [0, 0.05) is 62.0 Å². The van der Waals surface area contributed by atoms with Crippen molar-refractivity contribution in [1.82, 2.24) is 24.9 Å². The molecule has 0 bridgehead atoms. The number of anilines is 1. The Morgan fingerprint density at radius 1 is 1.21 bits per heavy atom. The number of hydrogen-bond donors (Lipinski definition) is 2. The van der Waals surface area contributed by atoms with Crippen LogP contribution in [0.5, 0.6) is 0 Å². The third-order valence-electron chi connectivity index (χ3n) is 6.44. The van der Waals surface area contributed by atoms with Crippen molar-refractivity contribution < 1.29 is 9.59 Å². The molecule has 2 saturated heterocycles. The number of fused-ring (bicyclic) bond motifs is 1. The predicted octanol–water partition coefficient (Wildman–Crippen LogP) is 2.12. The van der Waals surface area contributed by atoms with E-state index in [4.69, 9.17) is 0 Å². The van der Waals surface area contributed by atoms with Gasteiger partial charge in [-0.3, -0.25) is 19.7 Å². The third-order valence-corrected chi connectivity index (χ3v) is 6.44. The number of aryl methyl sites for hydroxylation is 1. The Bertz CT molecular complexity index is 745. The van der Waals surface area contributed by atoms with Crippen molar-refractivity contribution in [2.75, 3.05) is 25.0 Å². The lowest BCUT2D eigenvalue weighted by Gasteiger charge is -2.40. The van der Waals surface area contributed by atoms with Crippen LogP contribution in [0, 0.1) is 6.92 Å². The van der Waals surface area contributed by atoms with E-state index in [2.05, 4.69) is 39.4 Å². The summed E-state index contributed by atoms with van der Waals surface area (Å²) in [4.78, 5) is 28.9. The molecule has 4 rings (SSSR count). The highest BCUT2D eigenvalue weighted by atomic mass is 16.2. The summed E-state index contributed by atoms with van der Waals surface area (Å²) in [6.45, 7) is 8.94. The fraction of sp³-hybridized carbons (Fsp3) is 0.750. The molecule has 1 aromatic heterocycles. The summed E-state index contributed by atoms with van der Waals surface area (Å²) in [5.74, 6) is 0.919. The summed E-state index contributed by atoms with van der Waals surface area (Å²) < 4.78 is 1.91. The number of carbonyl (C=O) groups is 2. The Labute approximate surface area is 166 Å². The first-order chi connectivity index (χ1) is 13.4. The van der Waals surface area contributed by atoms with E-state index in [1.54, 1.807) is 0 Å². The molecular formula is C20H32N6O2. The smallest absolute Gasteiger partial charge is 0.320 e. The summed E-state index contributed by atoms with van der Waals surface area (Å²) in [7, 11) is 0. The van der Waals surface area contributed by atoms with Gasteiger partial charge in [-0.15, -0.1) is 0 Å². The Hall–Kier alpha value is -2.09. The number of rotatable bonds is 4. The topological polar surface area (TPSA) is 82.5 Å². The summed E-state index contributed by atoms with van der Waals surface area (Å²) >= 11 is 0. The molecule has 8 nitrogen and oxygen atoms in total. The maximum Gasteiger partial charge on any atom is 0.320 e. The second-order valence-electron chi connectivity index (χ2n) is 8.75. The first kappa shape index (κ1) is 19.2. The van der Waals surface area contributed by atoms with E-state index in [9.17, 15) is 9.59 Å². The molecular weight excluding hydrogens is 356 g/mol. The van der Waals surface area contributed by atoms with E-state index in [0.717, 1.165) is 51.0 Å². The number of hydrogen-bond acceptors (Lipinski definition) is 4. The summed E-state index contributed by atoms with van der Waals surface area (Å²) in [5, 5.41) is 10.4. The lowest BCUT2D eigenvalue weighted by atomic mass is 10.1. The van der Waals surface area contributed by atoms with Crippen molar-refractivity contribution in [3.8, 4) is 0 Å². The molecule has 2 N–H and O–H groups in total. The van der Waals surface area contributed by atoms with Gasteiger partial charge in [-0.25, -0.2) is 4.79 Å². The van der Waals surface area contributed by atoms with E-state index < -0.39 is 0 Å². The standard InChI is InChI=1S/C20H32N6O2/c1-13(2)26-14(3)10-18(23-26)22-20(28)21-15-4-5-16(11-15)24-8-9-25-17(12-24)6-7-19(25)27/h10,13,15-17H,4-9,11-12H2,1-3H3,(H2,21,22,23,28). The molecule has 3 heterocycles. The van der Waals surface area contributed by atoms with Crippen LogP contribution in [-0.4, -0.2) is 69.3 Å². The molecule has 2 aliphatic heterocycles. The maximum absolute atomic E-state index is 12.4. The van der Waals surface area contributed by atoms with Gasteiger partial charge in [-0.2, -0.15) is 5.10 Å². The highest BCUT2D eigenvalue weighted by Crippen LogP contribution is 2.29. The largest absolute Gasteiger partial charge is 0.337 e. The molecule has 0 radical (unpaired) electrons. The first-order valence-electron chi connectivity index (χ1n) is 10.6. The number of urea groups is 1. The van der Waals surface area contributed by atoms with Crippen LogP contribution in [0.25, 0.3) is 0 Å². The predicted molar refractivity (Wildman–Crippen MR) is 107 cm³/mol. The normalized spacial score (nSPS) is 28.1. The number of aromatic nitrogens is 2. The Balaban J connectivity index is 1.26. The van der Waals surface area contributed by atoms with Gasteiger partial charge in [0.1, 0.15) is 0 Å². The van der Waals surface area contributed by atoms with Crippen molar-refractivity contribution >= 4 is 17.8 Å². The molecule has 3 fully saturated rings. The quantitative estimate of drug-likeness (QED) is 0.828. The summed E-state index contributed by atoms with van der Waals surface area (Å²) in [5.41, 5.74) is 1.04. The van der Waals surface area contributed by atoms with Crippen molar-refractivity contribution in [3.05, 3.63) is 11.8 Å². The van der Waals surface area contributed by atoms with E-state index in [1.807, 2.05) is 17.7 Å². The zero-order valence-electron chi connectivity index (χ0n) is 17.1. The number of amides is 3. The average molecular weight is 389 g/mol. The van der Waals surface area contributed by atoms with E-state index in [0.29, 0.717) is 30.2 Å². The third kappa shape index (κ3) is 3.87. The first-order valence-corrected chi connectivity index (χ1v) is 10.6. The fourth-order valence-corrected chi connectivity index (χ4v) is 5.05. The van der Waals surface area contributed by atoms with E-state index in [-0.39, 0.29) is 18.1 Å². The maximum atomic E-state index is 12.4. The highest BCUT2D eigenvalue weighted by molar-refractivity contribution is 5.88.